The van der Waals surface area contributed by atoms with Crippen LogP contribution in [0.15, 0.2) is 72.0 Å². The lowest BCUT2D eigenvalue weighted by Gasteiger charge is -2.34. The number of hydrogen-bond acceptors (Lipinski definition) is 10. The lowest BCUT2D eigenvalue weighted by molar-refractivity contribution is -0.137. The number of anilines is 1. The van der Waals surface area contributed by atoms with Crippen LogP contribution < -0.4 is 10.7 Å². The molecule has 3 N–H and O–H groups in total. The average Bonchev–Trinajstić information content (AvgIpc) is 3.68. The number of halogens is 3. The van der Waals surface area contributed by atoms with E-state index in [0.29, 0.717) is 37.7 Å². The highest BCUT2D eigenvalue weighted by molar-refractivity contribution is 7.90. The van der Waals surface area contributed by atoms with Gasteiger partial charge in [-0.05, 0) is 76.8 Å². The van der Waals surface area contributed by atoms with Crippen molar-refractivity contribution in [3.05, 3.63) is 78.3 Å². The highest BCUT2D eigenvalue weighted by atomic mass is 32.2. The molecule has 0 radical (unpaired) electrons. The SMILES string of the molecule is CC(C)(O)CN1C=C(c2ccc3c(-c4nc(NC5CCCN(C(=O)OC(C)(C)C)C5)ncc4C(F)(F)F)cn(S(=O)(=O)c4ccccc4)c3c2)CN1. The van der Waals surface area contributed by atoms with Crippen molar-refractivity contribution in [1.29, 1.82) is 0 Å². The first kappa shape index (κ1) is 37.1. The topological polar surface area (TPSA) is 142 Å². The molecule has 0 aliphatic carbocycles. The van der Waals surface area contributed by atoms with Gasteiger partial charge in [-0.2, -0.15) is 13.2 Å². The van der Waals surface area contributed by atoms with Crippen molar-refractivity contribution < 1.29 is 36.2 Å². The molecule has 278 valence electrons. The molecule has 4 aromatic rings. The number of hydrogen-bond donors (Lipinski definition) is 3. The van der Waals surface area contributed by atoms with Crippen molar-refractivity contribution in [2.45, 2.75) is 75.8 Å². The Bertz CT molecular complexity index is 2110. The van der Waals surface area contributed by atoms with Crippen LogP contribution in [-0.2, 0) is 20.9 Å². The van der Waals surface area contributed by atoms with Gasteiger partial charge >= 0.3 is 12.3 Å². The van der Waals surface area contributed by atoms with Gasteiger partial charge in [-0.15, -0.1) is 0 Å². The van der Waals surface area contributed by atoms with E-state index in [4.69, 9.17) is 4.74 Å². The molecule has 2 aromatic carbocycles. The number of fused-ring (bicyclic) bond motifs is 1. The molecule has 0 spiro atoms. The van der Waals surface area contributed by atoms with E-state index in [-0.39, 0.29) is 46.4 Å². The molecule has 2 aromatic heterocycles. The summed E-state index contributed by atoms with van der Waals surface area (Å²) < 4.78 is 78.5. The van der Waals surface area contributed by atoms with Crippen molar-refractivity contribution in [2.24, 2.45) is 0 Å². The Morgan fingerprint density at radius 1 is 1.10 bits per heavy atom. The number of aliphatic hydroxyl groups is 1. The third-order valence-electron chi connectivity index (χ3n) is 8.54. The second kappa shape index (κ2) is 13.7. The Balaban J connectivity index is 1.44. The molecule has 0 bridgehead atoms. The summed E-state index contributed by atoms with van der Waals surface area (Å²) in [6.45, 7) is 10.00. The van der Waals surface area contributed by atoms with Gasteiger partial charge in [-0.25, -0.2) is 32.6 Å². The molecule has 4 heterocycles. The molecule has 2 aliphatic heterocycles. The second-order valence-electron chi connectivity index (χ2n) is 14.7. The van der Waals surface area contributed by atoms with Crippen LogP contribution in [0.3, 0.4) is 0 Å². The second-order valence-corrected chi connectivity index (χ2v) is 16.5. The number of aromatic nitrogens is 3. The number of nitrogens with zero attached hydrogens (tertiary/aromatic N) is 5. The van der Waals surface area contributed by atoms with Gasteiger partial charge in [0.15, 0.2) is 0 Å². The molecule has 0 saturated carbocycles. The molecule has 16 heteroatoms. The van der Waals surface area contributed by atoms with Crippen LogP contribution in [0.1, 0.15) is 58.6 Å². The number of carbonyl (C=O) groups excluding carboxylic acids is 1. The van der Waals surface area contributed by atoms with Crippen molar-refractivity contribution in [1.82, 2.24) is 29.3 Å². The number of rotatable bonds is 8. The normalized spacial score (nSPS) is 17.4. The van der Waals surface area contributed by atoms with Gasteiger partial charge in [-0.3, -0.25) is 0 Å². The lowest BCUT2D eigenvalue weighted by atomic mass is 10.0. The van der Waals surface area contributed by atoms with Crippen LogP contribution in [0.2, 0.25) is 0 Å². The number of nitrogens with one attached hydrogen (secondary N) is 2. The summed E-state index contributed by atoms with van der Waals surface area (Å²) in [6.07, 6.45) is -0.470. The molecule has 52 heavy (non-hydrogen) atoms. The van der Waals surface area contributed by atoms with Gasteiger partial charge in [0.05, 0.1) is 28.3 Å². The molecule has 12 nitrogen and oxygen atoms in total. The molecular weight excluding hydrogens is 700 g/mol. The minimum Gasteiger partial charge on any atom is -0.444 e. The summed E-state index contributed by atoms with van der Waals surface area (Å²) in [5.74, 6) is -0.100. The van der Waals surface area contributed by atoms with E-state index < -0.39 is 44.8 Å². The largest absolute Gasteiger partial charge is 0.444 e. The van der Waals surface area contributed by atoms with Crippen LogP contribution in [0, 0.1) is 0 Å². The van der Waals surface area contributed by atoms with Crippen molar-refractivity contribution in [3.8, 4) is 11.3 Å². The molecule has 2 aliphatic rings. The summed E-state index contributed by atoms with van der Waals surface area (Å²) in [5.41, 5.74) is 1.37. The van der Waals surface area contributed by atoms with Gasteiger partial charge in [0.25, 0.3) is 10.0 Å². The van der Waals surface area contributed by atoms with E-state index in [1.165, 1.54) is 23.2 Å². The van der Waals surface area contributed by atoms with Gasteiger partial charge in [0, 0.05) is 55.2 Å². The maximum absolute atomic E-state index is 14.6. The summed E-state index contributed by atoms with van der Waals surface area (Å²) >= 11 is 0. The van der Waals surface area contributed by atoms with Gasteiger partial charge in [0.2, 0.25) is 5.95 Å². The van der Waals surface area contributed by atoms with Crippen molar-refractivity contribution in [3.63, 3.8) is 0 Å². The third kappa shape index (κ3) is 8.18. The minimum atomic E-state index is -4.87. The van der Waals surface area contributed by atoms with E-state index in [1.54, 1.807) is 82.2 Å². The quantitative estimate of drug-likeness (QED) is 0.194. The van der Waals surface area contributed by atoms with E-state index in [0.717, 1.165) is 9.55 Å². The Hall–Kier alpha value is -4.67. The van der Waals surface area contributed by atoms with Gasteiger partial charge < -0.3 is 25.1 Å². The van der Waals surface area contributed by atoms with Crippen LogP contribution >= 0.6 is 0 Å². The molecule has 1 unspecified atom stereocenters. The molecule has 1 saturated heterocycles. The fourth-order valence-corrected chi connectivity index (χ4v) is 7.67. The number of benzene rings is 2. The highest BCUT2D eigenvalue weighted by Crippen LogP contribution is 2.41. The predicted octanol–water partition coefficient (Wildman–Crippen LogP) is 6.10. The number of likely N-dealkylation sites (tertiary alicyclic amines) is 1. The smallest absolute Gasteiger partial charge is 0.419 e. The molecule has 1 fully saturated rings. The number of alkyl halides is 3. The standard InChI is InChI=1S/C36H42F3N7O5S/c1-34(2,3)51-33(47)44-15-9-10-25(20-44)42-32-40-18-29(36(37,38)39)31(43-32)28-21-46(52(49,50)26-11-7-6-8-12-26)30-16-23(13-14-27(28)30)24-17-41-45(19-24)22-35(4,5)48/h6-8,11-14,16,18-19,21,25,41,48H,9-10,15,17,20,22H2,1-5H3,(H,40,42,43). The third-order valence-corrected chi connectivity index (χ3v) is 10.2. The van der Waals surface area contributed by atoms with E-state index in [1.807, 2.05) is 0 Å². The maximum Gasteiger partial charge on any atom is 0.419 e. The number of amides is 1. The van der Waals surface area contributed by atoms with Gasteiger partial charge in [0.1, 0.15) is 11.2 Å². The number of carbonyl (C=O) groups is 1. The first-order chi connectivity index (χ1) is 24.3. The van der Waals surface area contributed by atoms with Gasteiger partial charge in [-0.1, -0.05) is 30.3 Å². The van der Waals surface area contributed by atoms with Crippen LogP contribution in [0.25, 0.3) is 27.7 Å². The first-order valence-corrected chi connectivity index (χ1v) is 18.3. The van der Waals surface area contributed by atoms with Crippen molar-refractivity contribution in [2.75, 3.05) is 31.5 Å². The highest BCUT2D eigenvalue weighted by Gasteiger charge is 2.37. The molecule has 6 rings (SSSR count). The average molecular weight is 742 g/mol. The summed E-state index contributed by atoms with van der Waals surface area (Å²) in [4.78, 5) is 22.6. The molecule has 1 atom stereocenters. The lowest BCUT2D eigenvalue weighted by Crippen LogP contribution is -2.47. The van der Waals surface area contributed by atoms with Crippen LogP contribution in [0.4, 0.5) is 23.9 Å². The van der Waals surface area contributed by atoms with Crippen molar-refractivity contribution >= 4 is 38.5 Å². The van der Waals surface area contributed by atoms with E-state index in [9.17, 15) is 31.5 Å². The van der Waals surface area contributed by atoms with E-state index in [2.05, 4.69) is 20.7 Å². The predicted molar refractivity (Wildman–Crippen MR) is 190 cm³/mol. The monoisotopic (exact) mass is 741 g/mol. The summed E-state index contributed by atoms with van der Waals surface area (Å²) in [7, 11) is -4.29. The van der Waals surface area contributed by atoms with Crippen LogP contribution in [-0.4, -0.2) is 86.9 Å². The summed E-state index contributed by atoms with van der Waals surface area (Å²) in [6, 6.07) is 12.2. The maximum atomic E-state index is 14.6. The fourth-order valence-electron chi connectivity index (χ4n) is 6.29. The number of β-amino-alcohol motifs (C(OH)–C–C–N with tert-alkyl or cyclic N) is 1. The molecular formula is C36H42F3N7O5S. The Morgan fingerprint density at radius 2 is 1.83 bits per heavy atom. The summed E-state index contributed by atoms with van der Waals surface area (Å²) in [5, 5.41) is 15.3. The van der Waals surface area contributed by atoms with E-state index >= 15 is 0 Å². The Morgan fingerprint density at radius 3 is 2.50 bits per heavy atom. The zero-order valence-corrected chi connectivity index (χ0v) is 30.3. The Kier molecular flexibility index (Phi) is 9.78. The number of hydrazine groups is 1. The zero-order chi connectivity index (χ0) is 37.6. The number of piperidine rings is 1. The number of ether oxygens (including phenoxy) is 1. The van der Waals surface area contributed by atoms with Crippen LogP contribution in [0.5, 0.6) is 0 Å². The zero-order valence-electron chi connectivity index (χ0n) is 29.5. The minimum absolute atomic E-state index is 0.0464. The fraction of sp³-hybridized carbons (Fsp3) is 0.417. The first-order valence-electron chi connectivity index (χ1n) is 16.9. The Labute approximate surface area is 300 Å². The molecule has 1 amide bonds.